The lowest BCUT2D eigenvalue weighted by molar-refractivity contribution is 0.100. The Morgan fingerprint density at radius 1 is 1.19 bits per heavy atom. The highest BCUT2D eigenvalue weighted by Crippen LogP contribution is 2.21. The van der Waals surface area contributed by atoms with Crippen LogP contribution in [0.2, 0.25) is 5.02 Å². The second-order valence-corrected chi connectivity index (χ2v) is 5.72. The number of halogens is 1. The summed E-state index contributed by atoms with van der Waals surface area (Å²) < 4.78 is 0. The molecule has 0 fully saturated rings. The Morgan fingerprint density at radius 3 is 2.43 bits per heavy atom. The van der Waals surface area contributed by atoms with Crippen molar-refractivity contribution in [2.45, 2.75) is 26.3 Å². The van der Waals surface area contributed by atoms with Crippen LogP contribution in [0.3, 0.4) is 0 Å². The first kappa shape index (κ1) is 15.4. The van der Waals surface area contributed by atoms with Crippen LogP contribution in [-0.4, -0.2) is 5.91 Å². The molecule has 0 bridgehead atoms. The lowest BCUT2D eigenvalue weighted by Crippen LogP contribution is -2.12. The first-order valence-corrected chi connectivity index (χ1v) is 7.27. The zero-order valence-electron chi connectivity index (χ0n) is 12.2. The van der Waals surface area contributed by atoms with Crippen LogP contribution < -0.4 is 11.1 Å². The second-order valence-electron chi connectivity index (χ2n) is 5.31. The average Bonchev–Trinajstić information content (AvgIpc) is 2.46. The maximum atomic E-state index is 11.3. The van der Waals surface area contributed by atoms with Gasteiger partial charge in [0.15, 0.2) is 0 Å². The maximum Gasteiger partial charge on any atom is 0.250 e. The quantitative estimate of drug-likeness (QED) is 0.870. The summed E-state index contributed by atoms with van der Waals surface area (Å²) in [5.41, 5.74) is 8.93. The van der Waals surface area contributed by atoms with E-state index in [2.05, 4.69) is 43.4 Å². The molecule has 0 saturated carbocycles. The third kappa shape index (κ3) is 3.99. The van der Waals surface area contributed by atoms with Crippen LogP contribution in [0.4, 0.5) is 5.69 Å². The molecule has 0 unspecified atom stereocenters. The van der Waals surface area contributed by atoms with E-state index in [0.717, 1.165) is 5.69 Å². The molecule has 0 atom stereocenters. The number of rotatable bonds is 5. The predicted molar refractivity (Wildman–Crippen MR) is 87.8 cm³/mol. The van der Waals surface area contributed by atoms with E-state index < -0.39 is 5.91 Å². The molecule has 0 saturated heterocycles. The topological polar surface area (TPSA) is 55.1 Å². The summed E-state index contributed by atoms with van der Waals surface area (Å²) >= 11 is 5.93. The molecule has 3 nitrogen and oxygen atoms in total. The van der Waals surface area contributed by atoms with E-state index in [-0.39, 0.29) is 0 Å². The van der Waals surface area contributed by atoms with E-state index in [4.69, 9.17) is 17.3 Å². The van der Waals surface area contributed by atoms with Gasteiger partial charge in [-0.15, -0.1) is 0 Å². The number of carbonyl (C=O) groups is 1. The number of nitrogens with one attached hydrogen (secondary N) is 1. The largest absolute Gasteiger partial charge is 0.381 e. The van der Waals surface area contributed by atoms with E-state index in [9.17, 15) is 4.79 Å². The van der Waals surface area contributed by atoms with E-state index >= 15 is 0 Å². The van der Waals surface area contributed by atoms with Crippen LogP contribution in [0.15, 0.2) is 42.5 Å². The first-order chi connectivity index (χ1) is 9.97. The van der Waals surface area contributed by atoms with Gasteiger partial charge in [0.05, 0.1) is 10.6 Å². The minimum atomic E-state index is -0.523. The third-order valence-electron chi connectivity index (χ3n) is 3.37. The minimum Gasteiger partial charge on any atom is -0.381 e. The molecular formula is C17H19ClN2O. The number of nitrogens with two attached hydrogens (primary N) is 1. The molecule has 2 aromatic rings. The summed E-state index contributed by atoms with van der Waals surface area (Å²) in [7, 11) is 0. The number of benzene rings is 2. The summed E-state index contributed by atoms with van der Waals surface area (Å²) in [4.78, 5) is 11.3. The second kappa shape index (κ2) is 6.64. The molecule has 0 spiro atoms. The standard InChI is InChI=1S/C17H19ClN2O/c1-11(2)13-5-3-12(4-6-13)10-20-14-7-8-16(18)15(9-14)17(19)21/h3-9,11,20H,10H2,1-2H3,(H2,19,21). The van der Waals surface area contributed by atoms with Crippen molar-refractivity contribution >= 4 is 23.2 Å². The van der Waals surface area contributed by atoms with Gasteiger partial charge in [0.25, 0.3) is 0 Å². The van der Waals surface area contributed by atoms with E-state index in [1.165, 1.54) is 11.1 Å². The Balaban J connectivity index is 2.06. The highest BCUT2D eigenvalue weighted by Gasteiger charge is 2.07. The molecule has 0 aliphatic rings. The highest BCUT2D eigenvalue weighted by molar-refractivity contribution is 6.33. The van der Waals surface area contributed by atoms with Gasteiger partial charge in [0, 0.05) is 12.2 Å². The van der Waals surface area contributed by atoms with Crippen molar-refractivity contribution in [3.05, 3.63) is 64.2 Å². The fourth-order valence-electron chi connectivity index (χ4n) is 2.05. The molecule has 0 aliphatic carbocycles. The van der Waals surface area contributed by atoms with Crippen molar-refractivity contribution in [3.8, 4) is 0 Å². The molecule has 3 N–H and O–H groups in total. The fraction of sp³-hybridized carbons (Fsp3) is 0.235. The Morgan fingerprint density at radius 2 is 1.86 bits per heavy atom. The van der Waals surface area contributed by atoms with E-state index in [1.54, 1.807) is 12.1 Å². The number of hydrogen-bond donors (Lipinski definition) is 2. The monoisotopic (exact) mass is 302 g/mol. The summed E-state index contributed by atoms with van der Waals surface area (Å²) in [5.74, 6) is 0.00587. The molecule has 4 heteroatoms. The molecule has 21 heavy (non-hydrogen) atoms. The molecule has 110 valence electrons. The van der Waals surface area contributed by atoms with E-state index in [0.29, 0.717) is 23.0 Å². The van der Waals surface area contributed by atoms with Crippen molar-refractivity contribution in [3.63, 3.8) is 0 Å². The molecule has 2 aromatic carbocycles. The summed E-state index contributed by atoms with van der Waals surface area (Å²) in [6.07, 6.45) is 0. The zero-order chi connectivity index (χ0) is 15.4. The number of amides is 1. The van der Waals surface area contributed by atoms with Crippen LogP contribution >= 0.6 is 11.6 Å². The van der Waals surface area contributed by atoms with Gasteiger partial charge in [0.1, 0.15) is 0 Å². The van der Waals surface area contributed by atoms with Crippen molar-refractivity contribution in [2.75, 3.05) is 5.32 Å². The van der Waals surface area contributed by atoms with Gasteiger partial charge in [-0.1, -0.05) is 49.7 Å². The summed E-state index contributed by atoms with van der Waals surface area (Å²) in [6, 6.07) is 13.7. The molecule has 0 heterocycles. The number of carbonyl (C=O) groups excluding carboxylic acids is 1. The fourth-order valence-corrected chi connectivity index (χ4v) is 2.26. The van der Waals surface area contributed by atoms with Crippen molar-refractivity contribution < 1.29 is 4.79 Å². The van der Waals surface area contributed by atoms with Gasteiger partial charge in [-0.3, -0.25) is 4.79 Å². The highest BCUT2D eigenvalue weighted by atomic mass is 35.5. The third-order valence-corrected chi connectivity index (χ3v) is 3.70. The first-order valence-electron chi connectivity index (χ1n) is 6.89. The predicted octanol–water partition coefficient (Wildman–Crippen LogP) is 4.17. The van der Waals surface area contributed by atoms with Gasteiger partial charge in [-0.05, 0) is 35.2 Å². The van der Waals surface area contributed by atoms with Crippen LogP contribution in [-0.2, 0) is 6.54 Å². The Labute approximate surface area is 130 Å². The van der Waals surface area contributed by atoms with Crippen molar-refractivity contribution in [2.24, 2.45) is 5.73 Å². The number of primary amides is 1. The van der Waals surface area contributed by atoms with Crippen LogP contribution in [0.1, 0.15) is 41.3 Å². The normalized spacial score (nSPS) is 10.7. The Bertz CT molecular complexity index is 636. The van der Waals surface area contributed by atoms with Crippen molar-refractivity contribution in [1.82, 2.24) is 0 Å². The molecule has 0 aliphatic heterocycles. The average molecular weight is 303 g/mol. The molecule has 0 radical (unpaired) electrons. The molecule has 0 aromatic heterocycles. The summed E-state index contributed by atoms with van der Waals surface area (Å²) in [5, 5.41) is 3.64. The van der Waals surface area contributed by atoms with Gasteiger partial charge in [-0.25, -0.2) is 0 Å². The summed E-state index contributed by atoms with van der Waals surface area (Å²) in [6.45, 7) is 5.02. The Hall–Kier alpha value is -2.00. The lowest BCUT2D eigenvalue weighted by Gasteiger charge is -2.10. The van der Waals surface area contributed by atoms with Crippen molar-refractivity contribution in [1.29, 1.82) is 0 Å². The molecule has 1 amide bonds. The Kier molecular flexibility index (Phi) is 4.86. The maximum absolute atomic E-state index is 11.3. The molecular weight excluding hydrogens is 284 g/mol. The van der Waals surface area contributed by atoms with Gasteiger partial charge < -0.3 is 11.1 Å². The van der Waals surface area contributed by atoms with Gasteiger partial charge in [-0.2, -0.15) is 0 Å². The van der Waals surface area contributed by atoms with Crippen LogP contribution in [0.25, 0.3) is 0 Å². The number of hydrogen-bond acceptors (Lipinski definition) is 2. The van der Waals surface area contributed by atoms with Gasteiger partial charge >= 0.3 is 0 Å². The smallest absolute Gasteiger partial charge is 0.250 e. The minimum absolute atomic E-state index is 0.330. The zero-order valence-corrected chi connectivity index (χ0v) is 12.9. The number of anilines is 1. The van der Waals surface area contributed by atoms with E-state index in [1.807, 2.05) is 6.07 Å². The van der Waals surface area contributed by atoms with Gasteiger partial charge in [0.2, 0.25) is 5.91 Å². The van der Waals surface area contributed by atoms with Crippen LogP contribution in [0.5, 0.6) is 0 Å². The lowest BCUT2D eigenvalue weighted by atomic mass is 10.0. The van der Waals surface area contributed by atoms with Crippen LogP contribution in [0, 0.1) is 0 Å². The SMILES string of the molecule is CC(C)c1ccc(CNc2ccc(Cl)c(C(N)=O)c2)cc1. The molecule has 2 rings (SSSR count).